The molecule has 0 aliphatic heterocycles. The van der Waals surface area contributed by atoms with E-state index >= 15 is 0 Å². The molecule has 0 unspecified atom stereocenters. The second-order valence-corrected chi connectivity index (χ2v) is 8.88. The Balaban J connectivity index is 1.54. The number of hydrogen-bond donors (Lipinski definition) is 1. The van der Waals surface area contributed by atoms with Crippen molar-refractivity contribution in [2.24, 2.45) is 0 Å². The minimum atomic E-state index is -4.06. The summed E-state index contributed by atoms with van der Waals surface area (Å²) in [6.07, 6.45) is 1.59. The third kappa shape index (κ3) is 4.47. The fourth-order valence-electron chi connectivity index (χ4n) is 2.75. The zero-order valence-electron chi connectivity index (χ0n) is 15.7. The van der Waals surface area contributed by atoms with Crippen molar-refractivity contribution in [1.82, 2.24) is 9.38 Å². The molecule has 0 saturated heterocycles. The molecule has 1 N–H and O–H groups in total. The van der Waals surface area contributed by atoms with Crippen molar-refractivity contribution in [3.05, 3.63) is 93.6 Å². The molecule has 4 rings (SSSR count). The number of esters is 1. The van der Waals surface area contributed by atoms with Crippen molar-refractivity contribution in [2.75, 3.05) is 4.72 Å². The van der Waals surface area contributed by atoms with Crippen LogP contribution in [0.5, 0.6) is 0 Å². The number of aromatic nitrogens is 2. The van der Waals surface area contributed by atoms with Gasteiger partial charge in [-0.2, -0.15) is 0 Å². The van der Waals surface area contributed by atoms with Crippen LogP contribution in [0.3, 0.4) is 0 Å². The number of halogens is 1. The zero-order chi connectivity index (χ0) is 22.0. The third-order valence-electron chi connectivity index (χ3n) is 4.22. The molecule has 8 nitrogen and oxygen atoms in total. The Morgan fingerprint density at radius 3 is 2.68 bits per heavy atom. The van der Waals surface area contributed by atoms with Gasteiger partial charge in [0, 0.05) is 17.6 Å². The molecular formula is C20H14FN3O5S2. The first kappa shape index (κ1) is 20.7. The molecule has 0 amide bonds. The van der Waals surface area contributed by atoms with Gasteiger partial charge in [0.1, 0.15) is 12.4 Å². The fraction of sp³-hybridized carbons (Fsp3) is 0.0500. The average Bonchev–Trinajstić information content (AvgIpc) is 3.22. The van der Waals surface area contributed by atoms with Gasteiger partial charge >= 0.3 is 5.97 Å². The number of nitrogens with one attached hydrogen (secondary N) is 1. The maximum absolute atomic E-state index is 13.1. The Labute approximate surface area is 179 Å². The van der Waals surface area contributed by atoms with E-state index in [1.54, 1.807) is 23.7 Å². The topological polar surface area (TPSA) is 107 Å². The smallest absolute Gasteiger partial charge is 0.340 e. The third-order valence-corrected chi connectivity index (χ3v) is 6.36. The van der Waals surface area contributed by atoms with Gasteiger partial charge in [-0.05, 0) is 36.4 Å². The number of rotatable bonds is 6. The molecule has 0 aliphatic carbocycles. The number of carbonyl (C=O) groups is 1. The molecule has 2 aromatic carbocycles. The zero-order valence-corrected chi connectivity index (χ0v) is 17.3. The lowest BCUT2D eigenvalue weighted by Crippen LogP contribution is -2.17. The highest BCUT2D eigenvalue weighted by atomic mass is 32.2. The molecule has 0 atom stereocenters. The Kier molecular flexibility index (Phi) is 5.53. The van der Waals surface area contributed by atoms with Crippen molar-refractivity contribution in [3.63, 3.8) is 0 Å². The van der Waals surface area contributed by atoms with Gasteiger partial charge in [0.05, 0.1) is 21.8 Å². The summed E-state index contributed by atoms with van der Waals surface area (Å²) >= 11 is 1.27. The molecule has 2 aromatic heterocycles. The summed E-state index contributed by atoms with van der Waals surface area (Å²) in [6, 6.07) is 11.4. The number of nitrogens with zero attached hydrogens (tertiary/aromatic N) is 2. The summed E-state index contributed by atoms with van der Waals surface area (Å²) < 4.78 is 47.2. The van der Waals surface area contributed by atoms with Gasteiger partial charge in [0.25, 0.3) is 15.6 Å². The minimum absolute atomic E-state index is 0.00133. The van der Waals surface area contributed by atoms with Crippen LogP contribution >= 0.6 is 11.3 Å². The molecule has 0 saturated carbocycles. The van der Waals surface area contributed by atoms with Crippen molar-refractivity contribution in [1.29, 1.82) is 0 Å². The molecular weight excluding hydrogens is 445 g/mol. The molecule has 0 radical (unpaired) electrons. The van der Waals surface area contributed by atoms with E-state index < -0.39 is 21.8 Å². The van der Waals surface area contributed by atoms with Gasteiger partial charge in [-0.15, -0.1) is 11.3 Å². The van der Waals surface area contributed by atoms with Gasteiger partial charge < -0.3 is 4.74 Å². The number of sulfonamides is 1. The van der Waals surface area contributed by atoms with Gasteiger partial charge in [0.15, 0.2) is 4.96 Å². The molecule has 2 heterocycles. The number of para-hydroxylation sites is 1. The van der Waals surface area contributed by atoms with Gasteiger partial charge in [-0.25, -0.2) is 22.6 Å². The summed E-state index contributed by atoms with van der Waals surface area (Å²) in [5.41, 5.74) is -0.0596. The monoisotopic (exact) mass is 459 g/mol. The summed E-state index contributed by atoms with van der Waals surface area (Å²) in [7, 11) is -4.06. The normalized spacial score (nSPS) is 11.4. The van der Waals surface area contributed by atoms with Crippen LogP contribution in [0.25, 0.3) is 4.96 Å². The van der Waals surface area contributed by atoms with E-state index in [9.17, 15) is 22.4 Å². The van der Waals surface area contributed by atoms with Crippen molar-refractivity contribution >= 4 is 38.0 Å². The summed E-state index contributed by atoms with van der Waals surface area (Å²) in [5, 5.41) is 1.71. The quantitative estimate of drug-likeness (QED) is 0.444. The van der Waals surface area contributed by atoms with Gasteiger partial charge in [-0.1, -0.05) is 12.1 Å². The lowest BCUT2D eigenvalue weighted by atomic mass is 10.2. The molecule has 11 heteroatoms. The van der Waals surface area contributed by atoms with Crippen LogP contribution in [-0.2, 0) is 21.4 Å². The number of ether oxygens (including phenoxy) is 1. The first-order chi connectivity index (χ1) is 14.8. The van der Waals surface area contributed by atoms with Gasteiger partial charge in [-0.3, -0.25) is 13.9 Å². The fourth-order valence-corrected chi connectivity index (χ4v) is 4.56. The molecule has 0 bridgehead atoms. The molecule has 0 spiro atoms. The molecule has 0 fully saturated rings. The van der Waals surface area contributed by atoms with Gasteiger partial charge in [0.2, 0.25) is 0 Å². The number of anilines is 1. The van der Waals surface area contributed by atoms with Crippen LogP contribution in [0, 0.1) is 5.82 Å². The maximum atomic E-state index is 13.1. The molecule has 158 valence electrons. The summed E-state index contributed by atoms with van der Waals surface area (Å²) in [6.45, 7) is -0.262. The number of benzene rings is 2. The molecule has 4 aromatic rings. The second kappa shape index (κ2) is 8.28. The van der Waals surface area contributed by atoms with Crippen LogP contribution in [0.4, 0.5) is 10.1 Å². The SMILES string of the molecule is O=C(OCc1cc(=O)n2ccsc2n1)c1ccccc1NS(=O)(=O)c1ccc(F)cc1. The number of thiazole rings is 1. The predicted molar refractivity (Wildman–Crippen MR) is 112 cm³/mol. The standard InChI is InChI=1S/C20H14FN3O5S2/c21-13-5-7-15(8-6-13)31(27,28)23-17-4-2-1-3-16(17)19(26)29-12-14-11-18(25)24-9-10-30-20(24)22-14/h1-11,23H,12H2. The molecule has 0 aliphatic rings. The first-order valence-electron chi connectivity index (χ1n) is 8.84. The predicted octanol–water partition coefficient (Wildman–Crippen LogP) is 3.05. The Bertz CT molecular complexity index is 1430. The van der Waals surface area contributed by atoms with Crippen LogP contribution < -0.4 is 10.3 Å². The van der Waals surface area contributed by atoms with E-state index in [1.807, 2.05) is 0 Å². The van der Waals surface area contributed by atoms with E-state index in [0.29, 0.717) is 4.96 Å². The Morgan fingerprint density at radius 2 is 1.90 bits per heavy atom. The van der Waals surface area contributed by atoms with E-state index in [4.69, 9.17) is 4.74 Å². The molecule has 31 heavy (non-hydrogen) atoms. The van der Waals surface area contributed by atoms with Crippen molar-refractivity contribution in [3.8, 4) is 0 Å². The summed E-state index contributed by atoms with van der Waals surface area (Å²) in [5.74, 6) is -1.37. The first-order valence-corrected chi connectivity index (χ1v) is 11.2. The highest BCUT2D eigenvalue weighted by Crippen LogP contribution is 2.21. The Hall–Kier alpha value is -3.57. The highest BCUT2D eigenvalue weighted by molar-refractivity contribution is 7.92. The number of fused-ring (bicyclic) bond motifs is 1. The van der Waals surface area contributed by atoms with Crippen molar-refractivity contribution < 1.29 is 22.3 Å². The number of hydrogen-bond acceptors (Lipinski definition) is 7. The van der Waals surface area contributed by atoms with Crippen LogP contribution in [0.2, 0.25) is 0 Å². The lowest BCUT2D eigenvalue weighted by Gasteiger charge is -2.12. The van der Waals surface area contributed by atoms with E-state index in [2.05, 4.69) is 9.71 Å². The van der Waals surface area contributed by atoms with Crippen LogP contribution in [-0.4, -0.2) is 23.8 Å². The van der Waals surface area contributed by atoms with E-state index in [-0.39, 0.29) is 34.0 Å². The lowest BCUT2D eigenvalue weighted by molar-refractivity contribution is 0.0469. The van der Waals surface area contributed by atoms with E-state index in [0.717, 1.165) is 24.3 Å². The maximum Gasteiger partial charge on any atom is 0.340 e. The second-order valence-electron chi connectivity index (χ2n) is 6.32. The summed E-state index contributed by atoms with van der Waals surface area (Å²) in [4.78, 5) is 29.2. The average molecular weight is 459 g/mol. The van der Waals surface area contributed by atoms with E-state index in [1.165, 1.54) is 33.9 Å². The minimum Gasteiger partial charge on any atom is -0.456 e. The van der Waals surface area contributed by atoms with Crippen molar-refractivity contribution in [2.45, 2.75) is 11.5 Å². The van der Waals surface area contributed by atoms with Crippen LogP contribution in [0.15, 0.2) is 75.9 Å². The van der Waals surface area contributed by atoms with Crippen LogP contribution in [0.1, 0.15) is 16.1 Å². The Morgan fingerprint density at radius 1 is 1.16 bits per heavy atom. The highest BCUT2D eigenvalue weighted by Gasteiger charge is 2.20. The number of carbonyl (C=O) groups excluding carboxylic acids is 1. The largest absolute Gasteiger partial charge is 0.456 e.